The largest absolute Gasteiger partial charge is 0.462 e. The molecule has 0 saturated heterocycles. The first-order valence-electron chi connectivity index (χ1n) is 14.0. The van der Waals surface area contributed by atoms with Crippen molar-refractivity contribution in [2.75, 3.05) is 13.2 Å². The Balaban J connectivity index is 2.56. The Hall–Kier alpha value is -2.45. The number of unbranched alkanes of at least 4 members (excludes halogenated alkanes) is 12. The van der Waals surface area contributed by atoms with E-state index in [-0.39, 0.29) is 18.8 Å². The van der Waals surface area contributed by atoms with Crippen LogP contribution in [0.2, 0.25) is 0 Å². The van der Waals surface area contributed by atoms with Gasteiger partial charge in [0.2, 0.25) is 0 Å². The van der Waals surface area contributed by atoms with E-state index in [2.05, 4.69) is 24.3 Å². The van der Waals surface area contributed by atoms with Gasteiger partial charge in [0.25, 0.3) is 10.1 Å². The van der Waals surface area contributed by atoms with Crippen LogP contribution in [0.15, 0.2) is 47.4 Å². The highest BCUT2D eigenvalue weighted by Crippen LogP contribution is 2.22. The molecule has 214 valence electrons. The number of rotatable bonds is 21. The van der Waals surface area contributed by atoms with E-state index in [1.807, 2.05) is 13.8 Å². The monoisotopic (exact) mass is 550 g/mol. The fourth-order valence-corrected chi connectivity index (χ4v) is 4.78. The van der Waals surface area contributed by atoms with Gasteiger partial charge in [-0.2, -0.15) is 8.42 Å². The fraction of sp³-hybridized carbons (Fsp3) is 0.600. The van der Waals surface area contributed by atoms with Crippen molar-refractivity contribution in [3.8, 4) is 0 Å². The number of ether oxygens (including phenoxy) is 2. The standard InChI is InChI=1S/C30H46O7S/c1-3-5-7-9-11-13-15-17-19-24-36-29(31)26-22-21-23-27(38(33,34)35)28(26)30(32)37-25-20-18-16-14-12-10-8-6-4-2/h3-6,21-23H,7-20,24-25H2,1-2H3,(H,33,34,35)/b5-3+,6-4+. The number of carbonyl (C=O) groups excluding carboxylic acids is 2. The first-order chi connectivity index (χ1) is 18.3. The lowest BCUT2D eigenvalue weighted by molar-refractivity contribution is 0.0446. The van der Waals surface area contributed by atoms with Crippen LogP contribution in [0.4, 0.5) is 0 Å². The number of hydrogen-bond donors (Lipinski definition) is 1. The molecule has 0 radical (unpaired) electrons. The summed E-state index contributed by atoms with van der Waals surface area (Å²) in [5, 5.41) is 0. The van der Waals surface area contributed by atoms with Crippen LogP contribution in [-0.4, -0.2) is 38.1 Å². The zero-order valence-corrected chi connectivity index (χ0v) is 24.0. The van der Waals surface area contributed by atoms with Crippen LogP contribution < -0.4 is 0 Å². The van der Waals surface area contributed by atoms with Crippen LogP contribution in [-0.2, 0) is 19.6 Å². The van der Waals surface area contributed by atoms with E-state index in [0.717, 1.165) is 76.7 Å². The van der Waals surface area contributed by atoms with Crippen molar-refractivity contribution < 1.29 is 32.0 Å². The van der Waals surface area contributed by atoms with Crippen molar-refractivity contribution in [2.45, 2.75) is 109 Å². The second kappa shape index (κ2) is 20.5. The van der Waals surface area contributed by atoms with Crippen molar-refractivity contribution >= 4 is 22.1 Å². The van der Waals surface area contributed by atoms with Crippen molar-refractivity contribution in [3.05, 3.63) is 53.6 Å². The SMILES string of the molecule is C/C=C/CCCCCCCCOC(=O)c1cccc(S(=O)(=O)O)c1C(=O)OCCCCCCCC/C=C/C. The normalized spacial score (nSPS) is 11.9. The van der Waals surface area contributed by atoms with Gasteiger partial charge in [-0.3, -0.25) is 4.55 Å². The van der Waals surface area contributed by atoms with Gasteiger partial charge in [0.15, 0.2) is 0 Å². The van der Waals surface area contributed by atoms with Crippen LogP contribution in [0.3, 0.4) is 0 Å². The lowest BCUT2D eigenvalue weighted by Gasteiger charge is -2.13. The van der Waals surface area contributed by atoms with E-state index in [1.54, 1.807) is 0 Å². The third-order valence-electron chi connectivity index (χ3n) is 6.20. The minimum atomic E-state index is -4.75. The molecule has 0 saturated carbocycles. The summed E-state index contributed by atoms with van der Waals surface area (Å²) in [6.07, 6.45) is 22.6. The maximum absolute atomic E-state index is 12.8. The van der Waals surface area contributed by atoms with Crippen LogP contribution in [0, 0.1) is 0 Å². The van der Waals surface area contributed by atoms with E-state index in [0.29, 0.717) is 12.8 Å². The molecule has 0 atom stereocenters. The number of benzene rings is 1. The predicted octanol–water partition coefficient (Wildman–Crippen LogP) is 7.86. The lowest BCUT2D eigenvalue weighted by Crippen LogP contribution is -2.19. The summed E-state index contributed by atoms with van der Waals surface area (Å²) < 4.78 is 44.1. The highest BCUT2D eigenvalue weighted by atomic mass is 32.2. The van der Waals surface area contributed by atoms with E-state index in [4.69, 9.17) is 9.47 Å². The Morgan fingerprint density at radius 2 is 1.16 bits per heavy atom. The Bertz CT molecular complexity index is 980. The first-order valence-corrected chi connectivity index (χ1v) is 15.4. The quantitative estimate of drug-likeness (QED) is 0.0718. The first kappa shape index (κ1) is 33.6. The van der Waals surface area contributed by atoms with Gasteiger partial charge in [-0.1, -0.05) is 81.7 Å². The highest BCUT2D eigenvalue weighted by molar-refractivity contribution is 7.86. The smallest absolute Gasteiger partial charge is 0.340 e. The molecule has 1 aromatic rings. The predicted molar refractivity (Wildman–Crippen MR) is 151 cm³/mol. The summed E-state index contributed by atoms with van der Waals surface area (Å²) in [5.74, 6) is -1.78. The molecule has 7 nitrogen and oxygen atoms in total. The van der Waals surface area contributed by atoms with Crippen LogP contribution in [0.25, 0.3) is 0 Å². The number of carbonyl (C=O) groups is 2. The van der Waals surface area contributed by atoms with Gasteiger partial charge in [0.1, 0.15) is 4.90 Å². The molecular formula is C30H46O7S. The second-order valence-corrected chi connectivity index (χ2v) is 10.8. The van der Waals surface area contributed by atoms with E-state index in [1.165, 1.54) is 18.6 Å². The van der Waals surface area contributed by atoms with Crippen molar-refractivity contribution in [1.82, 2.24) is 0 Å². The fourth-order valence-electron chi connectivity index (χ4n) is 4.08. The third-order valence-corrected chi connectivity index (χ3v) is 7.09. The van der Waals surface area contributed by atoms with Gasteiger partial charge in [0.05, 0.1) is 24.3 Å². The molecule has 0 aliphatic heterocycles. The van der Waals surface area contributed by atoms with Gasteiger partial charge in [-0.05, 0) is 64.5 Å². The van der Waals surface area contributed by atoms with Crippen molar-refractivity contribution in [1.29, 1.82) is 0 Å². The Morgan fingerprint density at radius 1 is 0.711 bits per heavy atom. The molecular weight excluding hydrogens is 504 g/mol. The van der Waals surface area contributed by atoms with Gasteiger partial charge in [-0.15, -0.1) is 0 Å². The van der Waals surface area contributed by atoms with Gasteiger partial charge >= 0.3 is 11.9 Å². The topological polar surface area (TPSA) is 107 Å². The average Bonchev–Trinajstić information content (AvgIpc) is 2.89. The molecule has 0 aromatic heterocycles. The average molecular weight is 551 g/mol. The molecule has 1 aromatic carbocycles. The minimum Gasteiger partial charge on any atom is -0.462 e. The summed E-state index contributed by atoms with van der Waals surface area (Å²) in [4.78, 5) is 24.9. The van der Waals surface area contributed by atoms with E-state index < -0.39 is 32.5 Å². The van der Waals surface area contributed by atoms with Crippen LogP contribution in [0.5, 0.6) is 0 Å². The molecule has 1 N–H and O–H groups in total. The molecule has 8 heteroatoms. The summed E-state index contributed by atoms with van der Waals surface area (Å²) in [7, 11) is -4.75. The molecule has 0 spiro atoms. The van der Waals surface area contributed by atoms with E-state index >= 15 is 0 Å². The molecule has 0 aliphatic carbocycles. The van der Waals surface area contributed by atoms with Crippen LogP contribution in [0.1, 0.15) is 124 Å². The van der Waals surface area contributed by atoms with Crippen molar-refractivity contribution in [2.24, 2.45) is 0 Å². The van der Waals surface area contributed by atoms with Gasteiger partial charge < -0.3 is 9.47 Å². The molecule has 0 fully saturated rings. The number of allylic oxidation sites excluding steroid dienone is 4. The molecule has 0 amide bonds. The minimum absolute atomic E-state index is 0.0977. The number of esters is 2. The molecule has 0 unspecified atom stereocenters. The molecule has 0 bridgehead atoms. The van der Waals surface area contributed by atoms with Crippen molar-refractivity contribution in [3.63, 3.8) is 0 Å². The van der Waals surface area contributed by atoms with Gasteiger partial charge in [-0.25, -0.2) is 9.59 Å². The zero-order valence-electron chi connectivity index (χ0n) is 23.2. The van der Waals surface area contributed by atoms with Crippen LogP contribution >= 0.6 is 0 Å². The maximum atomic E-state index is 12.8. The Kier molecular flexibility index (Phi) is 18.1. The Morgan fingerprint density at radius 3 is 1.63 bits per heavy atom. The summed E-state index contributed by atoms with van der Waals surface area (Å²) in [6, 6.07) is 3.68. The maximum Gasteiger partial charge on any atom is 0.340 e. The van der Waals surface area contributed by atoms with Gasteiger partial charge in [0, 0.05) is 0 Å². The highest BCUT2D eigenvalue weighted by Gasteiger charge is 2.28. The van der Waals surface area contributed by atoms with E-state index in [9.17, 15) is 22.6 Å². The lowest BCUT2D eigenvalue weighted by atomic mass is 10.1. The summed E-state index contributed by atoms with van der Waals surface area (Å²) in [6.45, 7) is 4.29. The zero-order chi connectivity index (χ0) is 28.1. The second-order valence-electron chi connectivity index (χ2n) is 9.38. The molecule has 1 rings (SSSR count). The molecule has 0 heterocycles. The number of hydrogen-bond acceptors (Lipinski definition) is 6. The summed E-state index contributed by atoms with van der Waals surface area (Å²) >= 11 is 0. The molecule has 38 heavy (non-hydrogen) atoms. The third kappa shape index (κ3) is 14.5. The molecule has 0 aliphatic rings. The Labute approximate surface area is 229 Å². The summed E-state index contributed by atoms with van der Waals surface area (Å²) in [5.41, 5.74) is -0.708.